The summed E-state index contributed by atoms with van der Waals surface area (Å²) in [4.78, 5) is 11.7. The lowest BCUT2D eigenvalue weighted by atomic mass is 9.79. The first kappa shape index (κ1) is 32.4. The molecular weight excluding hydrogens is 526 g/mol. The molecule has 1 saturated carbocycles. The first-order valence-electron chi connectivity index (χ1n) is 12.8. The van der Waals surface area contributed by atoms with Crippen molar-refractivity contribution in [2.45, 2.75) is 99.0 Å². The van der Waals surface area contributed by atoms with Gasteiger partial charge in [0.1, 0.15) is 42.7 Å². The fourth-order valence-corrected chi connectivity index (χ4v) is 5.52. The van der Waals surface area contributed by atoms with Crippen LogP contribution in [0.5, 0.6) is 0 Å². The van der Waals surface area contributed by atoms with Gasteiger partial charge in [-0.05, 0) is 6.42 Å². The number of hydrogen-bond donors (Lipinski definition) is 9. The third-order valence-electron chi connectivity index (χ3n) is 7.65. The minimum atomic E-state index is -1.47. The number of nitrogens with two attached hydrogens (primary N) is 2. The zero-order valence-corrected chi connectivity index (χ0v) is 22.2. The molecule has 0 bridgehead atoms. The normalized spacial score (nSPS) is 47.1. The van der Waals surface area contributed by atoms with Crippen LogP contribution in [0.15, 0.2) is 0 Å². The van der Waals surface area contributed by atoms with Crippen molar-refractivity contribution in [3.05, 3.63) is 0 Å². The number of aliphatic hydroxyl groups is 6. The summed E-state index contributed by atoms with van der Waals surface area (Å²) in [5, 5.41) is 64.8. The summed E-state index contributed by atoms with van der Waals surface area (Å²) >= 11 is 0. The van der Waals surface area contributed by atoms with Gasteiger partial charge < -0.3 is 75.8 Å². The molecule has 6 unspecified atom stereocenters. The van der Waals surface area contributed by atoms with Crippen LogP contribution < -0.4 is 16.8 Å². The van der Waals surface area contributed by atoms with Crippen molar-refractivity contribution in [2.24, 2.45) is 17.4 Å². The molecule has 15 atom stereocenters. The maximum Gasteiger partial charge on any atom is 0.217 e. The average molecular weight is 570 g/mol. The highest BCUT2D eigenvalue weighted by Crippen LogP contribution is 2.33. The largest absolute Gasteiger partial charge is 0.396 e. The second-order valence-electron chi connectivity index (χ2n) is 10.2. The van der Waals surface area contributed by atoms with E-state index >= 15 is 0 Å². The van der Waals surface area contributed by atoms with Gasteiger partial charge in [0, 0.05) is 33.7 Å². The molecule has 0 aromatic rings. The predicted molar refractivity (Wildman–Crippen MR) is 130 cm³/mol. The number of carbonyl (C=O) groups is 1. The van der Waals surface area contributed by atoms with Gasteiger partial charge in [0.2, 0.25) is 5.91 Å². The zero-order chi connectivity index (χ0) is 29.0. The fraction of sp³-hybridized carbons (Fsp3) is 0.957. The molecule has 2 aliphatic heterocycles. The molecule has 3 rings (SSSR count). The summed E-state index contributed by atoms with van der Waals surface area (Å²) in [6, 6.07) is -3.27. The number of nitrogens with one attached hydrogen (secondary N) is 1. The molecule has 0 spiro atoms. The van der Waals surface area contributed by atoms with Crippen LogP contribution in [0.3, 0.4) is 0 Å². The molecule has 11 N–H and O–H groups in total. The Hall–Kier alpha value is -1.09. The molecule has 1 aliphatic carbocycles. The van der Waals surface area contributed by atoms with Crippen LogP contribution in [0.1, 0.15) is 13.3 Å². The summed E-state index contributed by atoms with van der Waals surface area (Å²) in [5.74, 6) is -0.969. The van der Waals surface area contributed by atoms with E-state index in [1.165, 1.54) is 21.1 Å². The number of rotatable bonds is 10. The number of methoxy groups -OCH3 is 2. The first-order chi connectivity index (χ1) is 18.5. The Labute approximate surface area is 226 Å². The summed E-state index contributed by atoms with van der Waals surface area (Å²) in [7, 11) is 2.70. The zero-order valence-electron chi connectivity index (χ0n) is 22.2. The number of ether oxygens (including phenoxy) is 6. The molecule has 228 valence electrons. The summed E-state index contributed by atoms with van der Waals surface area (Å²) in [6.07, 6.45) is -12.7. The summed E-state index contributed by atoms with van der Waals surface area (Å²) in [6.45, 7) is -0.280. The Kier molecular flexibility index (Phi) is 11.8. The Morgan fingerprint density at radius 3 is 1.90 bits per heavy atom. The molecular formula is C23H43N3O13. The summed E-state index contributed by atoms with van der Waals surface area (Å²) in [5.41, 5.74) is 12.4. The van der Waals surface area contributed by atoms with Crippen molar-refractivity contribution in [1.82, 2.24) is 5.32 Å². The van der Waals surface area contributed by atoms with Gasteiger partial charge in [-0.2, -0.15) is 0 Å². The Bertz CT molecular complexity index is 780. The highest BCUT2D eigenvalue weighted by atomic mass is 16.7. The molecule has 2 saturated heterocycles. The van der Waals surface area contributed by atoms with E-state index in [1.54, 1.807) is 0 Å². The van der Waals surface area contributed by atoms with E-state index in [9.17, 15) is 35.4 Å². The van der Waals surface area contributed by atoms with Gasteiger partial charge in [-0.15, -0.1) is 0 Å². The van der Waals surface area contributed by atoms with Crippen LogP contribution in [0.4, 0.5) is 0 Å². The Morgan fingerprint density at radius 1 is 0.821 bits per heavy atom. The standard InChI is InChI=1S/C23H43N3O13/c1-8(30)26-15-18(33)21(12(7-29)38-23(15)35-3)39-22-14(25)17(32)20(11(6-28)37-22)36-10-4-9(5-27)19(34-2)16(31)13(10)24/h9-23,27-29,31-33H,4-7,24-25H2,1-3H3,(H,26,30)/t9-,10+,11?,12-,13?,14?,15?,16?,17+,18?,19+,20+,21+,22-,23+/m0/s1. The maximum atomic E-state index is 11.7. The van der Waals surface area contributed by atoms with E-state index < -0.39 is 111 Å². The van der Waals surface area contributed by atoms with E-state index in [-0.39, 0.29) is 13.0 Å². The van der Waals surface area contributed by atoms with Gasteiger partial charge in [-0.3, -0.25) is 4.79 Å². The van der Waals surface area contributed by atoms with Crippen LogP contribution in [0.25, 0.3) is 0 Å². The number of amides is 1. The smallest absolute Gasteiger partial charge is 0.217 e. The van der Waals surface area contributed by atoms with Crippen LogP contribution in [0, 0.1) is 5.92 Å². The van der Waals surface area contributed by atoms with Crippen LogP contribution >= 0.6 is 0 Å². The minimum Gasteiger partial charge on any atom is -0.396 e. The first-order valence-corrected chi connectivity index (χ1v) is 12.8. The Morgan fingerprint density at radius 2 is 1.38 bits per heavy atom. The minimum absolute atomic E-state index is 0.193. The predicted octanol–water partition coefficient (Wildman–Crippen LogP) is -5.52. The van der Waals surface area contributed by atoms with Gasteiger partial charge in [-0.1, -0.05) is 0 Å². The van der Waals surface area contributed by atoms with E-state index in [2.05, 4.69) is 5.32 Å². The number of hydrogen-bond acceptors (Lipinski definition) is 15. The molecule has 0 aromatic carbocycles. The molecule has 0 aromatic heterocycles. The van der Waals surface area contributed by atoms with Gasteiger partial charge in [-0.25, -0.2) is 0 Å². The lowest BCUT2D eigenvalue weighted by molar-refractivity contribution is -0.334. The van der Waals surface area contributed by atoms with E-state index in [1.807, 2.05) is 0 Å². The van der Waals surface area contributed by atoms with E-state index in [0.29, 0.717) is 0 Å². The van der Waals surface area contributed by atoms with Crippen molar-refractivity contribution in [3.63, 3.8) is 0 Å². The third kappa shape index (κ3) is 6.87. The molecule has 16 nitrogen and oxygen atoms in total. The fourth-order valence-electron chi connectivity index (χ4n) is 5.52. The monoisotopic (exact) mass is 569 g/mol. The van der Waals surface area contributed by atoms with Gasteiger partial charge >= 0.3 is 0 Å². The molecule has 2 heterocycles. The van der Waals surface area contributed by atoms with Crippen molar-refractivity contribution in [3.8, 4) is 0 Å². The lowest BCUT2D eigenvalue weighted by Gasteiger charge is -2.49. The van der Waals surface area contributed by atoms with Crippen molar-refractivity contribution in [1.29, 1.82) is 0 Å². The van der Waals surface area contributed by atoms with Crippen LogP contribution in [-0.4, -0.2) is 156 Å². The molecule has 3 aliphatic rings. The quantitative estimate of drug-likeness (QED) is 0.119. The second kappa shape index (κ2) is 14.2. The van der Waals surface area contributed by atoms with Gasteiger partial charge in [0.05, 0.1) is 43.6 Å². The summed E-state index contributed by atoms with van der Waals surface area (Å²) < 4.78 is 33.8. The van der Waals surface area contributed by atoms with Crippen molar-refractivity contribution < 1.29 is 63.9 Å². The number of aliphatic hydroxyl groups excluding tert-OH is 6. The van der Waals surface area contributed by atoms with E-state index in [4.69, 9.17) is 39.9 Å². The SMILES string of the molecule is CO[C@@H]1O[C@@H](CO)[C@@H](O[C@@H]2OC(CO)[C@@H](O[C@@H]3C[C@@H](CO)[C@@H](OC)C(O)C3N)[C@H](O)C2N)C(O)C1NC(C)=O. The topological polar surface area (TPSA) is 258 Å². The third-order valence-corrected chi connectivity index (χ3v) is 7.65. The average Bonchev–Trinajstić information content (AvgIpc) is 2.92. The highest BCUT2D eigenvalue weighted by Gasteiger charge is 2.52. The number of carbonyl (C=O) groups excluding carboxylic acids is 1. The second-order valence-corrected chi connectivity index (χ2v) is 10.2. The van der Waals surface area contributed by atoms with Crippen molar-refractivity contribution >= 4 is 5.91 Å². The molecule has 1 amide bonds. The molecule has 3 fully saturated rings. The molecule has 39 heavy (non-hydrogen) atoms. The van der Waals surface area contributed by atoms with Gasteiger partial charge in [0.15, 0.2) is 12.6 Å². The Balaban J connectivity index is 1.75. The van der Waals surface area contributed by atoms with E-state index in [0.717, 1.165) is 0 Å². The van der Waals surface area contributed by atoms with Crippen LogP contribution in [-0.2, 0) is 33.2 Å². The highest BCUT2D eigenvalue weighted by molar-refractivity contribution is 5.73. The molecule has 0 radical (unpaired) electrons. The van der Waals surface area contributed by atoms with Gasteiger partial charge in [0.25, 0.3) is 0 Å². The molecule has 16 heteroatoms. The lowest BCUT2D eigenvalue weighted by Crippen LogP contribution is -2.69. The maximum absolute atomic E-state index is 11.7. The van der Waals surface area contributed by atoms with Crippen molar-refractivity contribution in [2.75, 3.05) is 34.0 Å². The van der Waals surface area contributed by atoms with Crippen LogP contribution in [0.2, 0.25) is 0 Å².